The molecule has 200 valence electrons. The molecule has 0 N–H and O–H groups in total. The first-order chi connectivity index (χ1) is 18.4. The molecule has 0 radical (unpaired) electrons. The second kappa shape index (κ2) is 12.9. The van der Waals surface area contributed by atoms with Crippen molar-refractivity contribution in [1.82, 2.24) is 0 Å². The average molecular weight is 523 g/mol. The van der Waals surface area contributed by atoms with Crippen molar-refractivity contribution < 1.29 is 22.3 Å². The highest BCUT2D eigenvalue weighted by molar-refractivity contribution is 5.72. The van der Waals surface area contributed by atoms with Gasteiger partial charge in [0.05, 0.1) is 6.61 Å². The highest BCUT2D eigenvalue weighted by Crippen LogP contribution is 2.37. The van der Waals surface area contributed by atoms with Crippen molar-refractivity contribution in [1.29, 1.82) is 0 Å². The molecule has 0 saturated heterocycles. The average Bonchev–Trinajstić information content (AvgIpc) is 2.93. The SMILES string of the molecule is CCCc1ccc(CCC=CC2CC=C(c3ccc(-c4ccc(OCC)c(F)c4F)c(F)c3F)CC2)cc1. The second-order valence-electron chi connectivity index (χ2n) is 9.76. The van der Waals surface area contributed by atoms with E-state index in [-0.39, 0.29) is 29.0 Å². The van der Waals surface area contributed by atoms with E-state index in [9.17, 15) is 8.78 Å². The zero-order chi connectivity index (χ0) is 27.1. The summed E-state index contributed by atoms with van der Waals surface area (Å²) in [5.74, 6) is -4.60. The van der Waals surface area contributed by atoms with Crippen LogP contribution in [-0.2, 0) is 12.8 Å². The zero-order valence-corrected chi connectivity index (χ0v) is 22.0. The molecular formula is C33H34F4O. The normalized spacial score (nSPS) is 15.6. The Bertz CT molecular complexity index is 1310. The molecule has 0 saturated carbocycles. The van der Waals surface area contributed by atoms with Crippen LogP contribution in [0.25, 0.3) is 16.7 Å². The summed E-state index contributed by atoms with van der Waals surface area (Å²) in [4.78, 5) is 0. The number of aryl methyl sites for hydroxylation is 2. The van der Waals surface area contributed by atoms with Gasteiger partial charge in [0.15, 0.2) is 23.2 Å². The van der Waals surface area contributed by atoms with E-state index < -0.39 is 23.3 Å². The first-order valence-corrected chi connectivity index (χ1v) is 13.5. The molecule has 38 heavy (non-hydrogen) atoms. The fourth-order valence-electron chi connectivity index (χ4n) is 4.99. The van der Waals surface area contributed by atoms with Crippen molar-refractivity contribution in [3.05, 3.63) is 107 Å². The summed E-state index contributed by atoms with van der Waals surface area (Å²) in [5, 5.41) is 0. The van der Waals surface area contributed by atoms with Crippen molar-refractivity contribution in [2.45, 2.75) is 58.8 Å². The highest BCUT2D eigenvalue weighted by Gasteiger charge is 2.23. The Labute approximate surface area is 222 Å². The van der Waals surface area contributed by atoms with Crippen LogP contribution in [0.15, 0.2) is 66.8 Å². The Morgan fingerprint density at radius 3 is 2.00 bits per heavy atom. The molecule has 0 spiro atoms. The van der Waals surface area contributed by atoms with Crippen LogP contribution in [0.5, 0.6) is 5.75 Å². The van der Waals surface area contributed by atoms with Crippen molar-refractivity contribution in [2.75, 3.05) is 6.61 Å². The topological polar surface area (TPSA) is 9.23 Å². The van der Waals surface area contributed by atoms with Crippen LogP contribution < -0.4 is 4.74 Å². The van der Waals surface area contributed by atoms with E-state index in [2.05, 4.69) is 43.3 Å². The molecule has 0 amide bonds. The second-order valence-corrected chi connectivity index (χ2v) is 9.76. The van der Waals surface area contributed by atoms with E-state index >= 15 is 8.78 Å². The van der Waals surface area contributed by atoms with Gasteiger partial charge >= 0.3 is 0 Å². The number of halogens is 4. The number of hydrogen-bond donors (Lipinski definition) is 0. The lowest BCUT2D eigenvalue weighted by molar-refractivity contribution is 0.314. The molecule has 3 aromatic rings. The van der Waals surface area contributed by atoms with Gasteiger partial charge in [0.25, 0.3) is 0 Å². The molecule has 5 heteroatoms. The highest BCUT2D eigenvalue weighted by atomic mass is 19.2. The van der Waals surface area contributed by atoms with Gasteiger partial charge in [-0.05, 0) is 80.2 Å². The third-order valence-corrected chi connectivity index (χ3v) is 7.09. The Kier molecular flexibility index (Phi) is 9.43. The first-order valence-electron chi connectivity index (χ1n) is 13.5. The maximum Gasteiger partial charge on any atom is 0.201 e. The van der Waals surface area contributed by atoms with E-state index in [1.54, 1.807) is 6.92 Å². The third-order valence-electron chi connectivity index (χ3n) is 7.09. The predicted octanol–water partition coefficient (Wildman–Crippen LogP) is 9.63. The minimum Gasteiger partial charge on any atom is -0.491 e. The Balaban J connectivity index is 1.39. The van der Waals surface area contributed by atoms with Crippen LogP contribution >= 0.6 is 0 Å². The lowest BCUT2D eigenvalue weighted by Crippen LogP contribution is -2.05. The Morgan fingerprint density at radius 1 is 0.763 bits per heavy atom. The zero-order valence-electron chi connectivity index (χ0n) is 22.0. The fraction of sp³-hybridized carbons (Fsp3) is 0.333. The maximum atomic E-state index is 15.1. The molecule has 1 aliphatic rings. The number of benzene rings is 3. The van der Waals surface area contributed by atoms with Crippen molar-refractivity contribution in [3.63, 3.8) is 0 Å². The van der Waals surface area contributed by atoms with Gasteiger partial charge in [-0.25, -0.2) is 13.2 Å². The van der Waals surface area contributed by atoms with Gasteiger partial charge in [-0.2, -0.15) is 4.39 Å². The minimum atomic E-state index is -1.26. The first kappa shape index (κ1) is 27.7. The minimum absolute atomic E-state index is 0.159. The van der Waals surface area contributed by atoms with E-state index in [4.69, 9.17) is 4.74 Å². The summed E-state index contributed by atoms with van der Waals surface area (Å²) in [7, 11) is 0. The van der Waals surface area contributed by atoms with E-state index in [0.29, 0.717) is 12.3 Å². The predicted molar refractivity (Wildman–Crippen MR) is 146 cm³/mol. The Hall–Kier alpha value is -3.34. The van der Waals surface area contributed by atoms with Gasteiger partial charge in [0, 0.05) is 16.7 Å². The van der Waals surface area contributed by atoms with Gasteiger partial charge in [0.2, 0.25) is 5.82 Å². The van der Waals surface area contributed by atoms with Gasteiger partial charge in [-0.1, -0.05) is 68.0 Å². The quantitative estimate of drug-likeness (QED) is 0.190. The van der Waals surface area contributed by atoms with Crippen molar-refractivity contribution in [3.8, 4) is 16.9 Å². The summed E-state index contributed by atoms with van der Waals surface area (Å²) in [6.45, 7) is 3.99. The molecule has 1 nitrogen and oxygen atoms in total. The number of ether oxygens (including phenoxy) is 1. The van der Waals surface area contributed by atoms with Crippen molar-refractivity contribution >= 4 is 5.57 Å². The van der Waals surface area contributed by atoms with E-state index in [0.717, 1.165) is 44.1 Å². The van der Waals surface area contributed by atoms with Crippen LogP contribution in [-0.4, -0.2) is 6.61 Å². The van der Waals surface area contributed by atoms with Crippen molar-refractivity contribution in [2.24, 2.45) is 5.92 Å². The van der Waals surface area contributed by atoms with Gasteiger partial charge in [-0.15, -0.1) is 0 Å². The molecule has 1 unspecified atom stereocenters. The fourth-order valence-corrected chi connectivity index (χ4v) is 4.99. The molecule has 3 aromatic carbocycles. The largest absolute Gasteiger partial charge is 0.491 e. The van der Waals surface area contributed by atoms with Crippen LogP contribution in [0.4, 0.5) is 17.6 Å². The summed E-state index contributed by atoms with van der Waals surface area (Å²) < 4.78 is 64.0. The van der Waals surface area contributed by atoms with Gasteiger partial charge < -0.3 is 4.74 Å². The van der Waals surface area contributed by atoms with Crippen LogP contribution in [0.2, 0.25) is 0 Å². The number of hydrogen-bond acceptors (Lipinski definition) is 1. The summed E-state index contributed by atoms with van der Waals surface area (Å²) in [6.07, 6.45) is 12.8. The molecule has 1 aliphatic carbocycles. The lowest BCUT2D eigenvalue weighted by Gasteiger charge is -2.20. The molecule has 1 atom stereocenters. The molecule has 4 rings (SSSR count). The smallest absolute Gasteiger partial charge is 0.201 e. The molecule has 0 aromatic heterocycles. The number of allylic oxidation sites excluding steroid dienone is 4. The Morgan fingerprint density at radius 2 is 1.37 bits per heavy atom. The number of rotatable bonds is 10. The molecule has 0 bridgehead atoms. The van der Waals surface area contributed by atoms with Gasteiger partial charge in [0.1, 0.15) is 0 Å². The van der Waals surface area contributed by atoms with Gasteiger partial charge in [-0.3, -0.25) is 0 Å². The third kappa shape index (κ3) is 6.38. The van der Waals surface area contributed by atoms with E-state index in [1.807, 2.05) is 6.08 Å². The monoisotopic (exact) mass is 522 g/mol. The molecular weight excluding hydrogens is 488 g/mol. The lowest BCUT2D eigenvalue weighted by atomic mass is 9.85. The van der Waals surface area contributed by atoms with E-state index in [1.165, 1.54) is 35.4 Å². The van der Waals surface area contributed by atoms with Crippen LogP contribution in [0.3, 0.4) is 0 Å². The summed E-state index contributed by atoms with van der Waals surface area (Å²) >= 11 is 0. The van der Waals surface area contributed by atoms with Crippen LogP contribution in [0.1, 0.15) is 62.6 Å². The molecule has 0 aliphatic heterocycles. The summed E-state index contributed by atoms with van der Waals surface area (Å²) in [5.41, 5.74) is 2.96. The maximum absolute atomic E-state index is 15.1. The van der Waals surface area contributed by atoms with Crippen LogP contribution in [0, 0.1) is 29.2 Å². The summed E-state index contributed by atoms with van der Waals surface area (Å²) in [6, 6.07) is 14.0. The standard InChI is InChI=1S/C33H34F4O/c1-3-7-22-10-12-23(13-11-22)8-5-6-9-24-14-16-25(17-15-24)26-18-19-27(31(35)30(26)34)28-20-21-29(38-4-2)33(37)32(28)36/h6,9-13,16,18-21,24H,3-5,7-8,14-15,17H2,1-2H3. The molecule has 0 heterocycles. The molecule has 0 fully saturated rings.